The molecule has 0 aliphatic carbocycles. The fourth-order valence-corrected chi connectivity index (χ4v) is 2.43. The van der Waals surface area contributed by atoms with E-state index < -0.39 is 6.03 Å². The highest BCUT2D eigenvalue weighted by molar-refractivity contribution is 5.95. The summed E-state index contributed by atoms with van der Waals surface area (Å²) in [5, 5.41) is 13.9. The van der Waals surface area contributed by atoms with E-state index >= 15 is 0 Å². The average Bonchev–Trinajstić information content (AvgIpc) is 2.55. The SMILES string of the molecule is CCNC(=O)NC(=O)CN1CCN(c2ncccc2C#N)CC1. The summed E-state index contributed by atoms with van der Waals surface area (Å²) < 4.78 is 0. The first-order chi connectivity index (χ1) is 11.1. The highest BCUT2D eigenvalue weighted by atomic mass is 16.2. The zero-order valence-corrected chi connectivity index (χ0v) is 13.1. The molecule has 1 aliphatic heterocycles. The number of amides is 3. The second kappa shape index (κ2) is 8.10. The largest absolute Gasteiger partial charge is 0.353 e. The van der Waals surface area contributed by atoms with E-state index in [4.69, 9.17) is 5.26 Å². The van der Waals surface area contributed by atoms with E-state index in [0.717, 1.165) is 0 Å². The first-order valence-corrected chi connectivity index (χ1v) is 7.54. The summed E-state index contributed by atoms with van der Waals surface area (Å²) in [6.07, 6.45) is 1.67. The Labute approximate surface area is 135 Å². The molecule has 0 atom stereocenters. The number of aromatic nitrogens is 1. The number of nitrogens with one attached hydrogen (secondary N) is 2. The first-order valence-electron chi connectivity index (χ1n) is 7.54. The summed E-state index contributed by atoms with van der Waals surface area (Å²) in [5.74, 6) is 0.362. The molecule has 1 aliphatic rings. The van der Waals surface area contributed by atoms with Gasteiger partial charge < -0.3 is 10.2 Å². The lowest BCUT2D eigenvalue weighted by atomic mass is 10.2. The Balaban J connectivity index is 1.83. The van der Waals surface area contributed by atoms with Gasteiger partial charge in [0.2, 0.25) is 5.91 Å². The topological polar surface area (TPSA) is 101 Å². The van der Waals surface area contributed by atoms with E-state index in [9.17, 15) is 9.59 Å². The number of urea groups is 1. The number of nitrogens with zero attached hydrogens (tertiary/aromatic N) is 4. The third kappa shape index (κ3) is 4.66. The van der Waals surface area contributed by atoms with Crippen LogP contribution in [0, 0.1) is 11.3 Å². The summed E-state index contributed by atoms with van der Waals surface area (Å²) in [4.78, 5) is 31.3. The van der Waals surface area contributed by atoms with E-state index in [1.165, 1.54) is 0 Å². The number of imide groups is 1. The molecule has 0 saturated carbocycles. The predicted octanol–water partition coefficient (Wildman–Crippen LogP) is -0.0790. The third-order valence-corrected chi connectivity index (χ3v) is 3.54. The molecule has 8 heteroatoms. The van der Waals surface area contributed by atoms with E-state index in [2.05, 4.69) is 21.7 Å². The molecule has 1 aromatic heterocycles. The van der Waals surface area contributed by atoms with E-state index in [0.29, 0.717) is 44.1 Å². The van der Waals surface area contributed by atoms with Gasteiger partial charge in [-0.3, -0.25) is 15.0 Å². The molecule has 2 N–H and O–H groups in total. The number of pyridine rings is 1. The Kier molecular flexibility index (Phi) is 5.88. The maximum atomic E-state index is 11.8. The Hall–Kier alpha value is -2.66. The number of nitriles is 1. The summed E-state index contributed by atoms with van der Waals surface area (Å²) >= 11 is 0. The van der Waals surface area contributed by atoms with Crippen LogP contribution in [0.2, 0.25) is 0 Å². The zero-order chi connectivity index (χ0) is 16.7. The number of piperazine rings is 1. The van der Waals surface area contributed by atoms with Crippen LogP contribution in [0.5, 0.6) is 0 Å². The molecule has 1 aromatic rings. The van der Waals surface area contributed by atoms with Gasteiger partial charge in [-0.2, -0.15) is 5.26 Å². The van der Waals surface area contributed by atoms with Gasteiger partial charge in [0, 0.05) is 38.9 Å². The van der Waals surface area contributed by atoms with Crippen LogP contribution in [0.3, 0.4) is 0 Å². The lowest BCUT2D eigenvalue weighted by Crippen LogP contribution is -2.51. The Morgan fingerprint density at radius 3 is 2.74 bits per heavy atom. The average molecular weight is 316 g/mol. The molecule has 0 radical (unpaired) electrons. The number of hydrogen-bond donors (Lipinski definition) is 2. The van der Waals surface area contributed by atoms with Crippen molar-refractivity contribution in [1.29, 1.82) is 5.26 Å². The zero-order valence-electron chi connectivity index (χ0n) is 13.1. The second-order valence-electron chi connectivity index (χ2n) is 5.16. The van der Waals surface area contributed by atoms with Crippen LogP contribution in [-0.2, 0) is 4.79 Å². The molecule has 0 spiro atoms. The van der Waals surface area contributed by atoms with Crippen LogP contribution in [0.4, 0.5) is 10.6 Å². The van der Waals surface area contributed by atoms with Gasteiger partial charge in [-0.25, -0.2) is 9.78 Å². The van der Waals surface area contributed by atoms with Gasteiger partial charge in [0.15, 0.2) is 0 Å². The van der Waals surface area contributed by atoms with Gasteiger partial charge in [0.05, 0.1) is 12.1 Å². The molecule has 122 valence electrons. The first kappa shape index (κ1) is 16.7. The van der Waals surface area contributed by atoms with Crippen molar-refractivity contribution in [3.8, 4) is 6.07 Å². The highest BCUT2D eigenvalue weighted by Gasteiger charge is 2.22. The summed E-state index contributed by atoms with van der Waals surface area (Å²) in [6.45, 7) is 5.15. The van der Waals surface area contributed by atoms with Crippen molar-refractivity contribution < 1.29 is 9.59 Å². The van der Waals surface area contributed by atoms with Gasteiger partial charge in [-0.05, 0) is 19.1 Å². The van der Waals surface area contributed by atoms with Crippen LogP contribution in [0.25, 0.3) is 0 Å². The van der Waals surface area contributed by atoms with Gasteiger partial charge in [-0.1, -0.05) is 0 Å². The molecule has 1 saturated heterocycles. The molecule has 2 heterocycles. The monoisotopic (exact) mass is 316 g/mol. The number of carbonyl (C=O) groups is 2. The molecule has 23 heavy (non-hydrogen) atoms. The molecule has 0 unspecified atom stereocenters. The smallest absolute Gasteiger partial charge is 0.321 e. The Morgan fingerprint density at radius 2 is 2.09 bits per heavy atom. The summed E-state index contributed by atoms with van der Waals surface area (Å²) in [7, 11) is 0. The minimum atomic E-state index is -0.469. The van der Waals surface area contributed by atoms with E-state index in [1.54, 1.807) is 25.3 Å². The van der Waals surface area contributed by atoms with Crippen LogP contribution in [-0.4, -0.2) is 61.1 Å². The number of hydrogen-bond acceptors (Lipinski definition) is 6. The van der Waals surface area contributed by atoms with Crippen molar-refractivity contribution in [2.45, 2.75) is 6.92 Å². The minimum Gasteiger partial charge on any atom is -0.353 e. The molecule has 3 amide bonds. The standard InChI is InChI=1S/C15H20N6O2/c1-2-17-15(23)19-13(22)11-20-6-8-21(9-7-20)14-12(10-16)4-3-5-18-14/h3-5H,2,6-9,11H2,1H3,(H2,17,19,22,23). The van der Waals surface area contributed by atoms with Gasteiger partial charge in [0.1, 0.15) is 11.9 Å². The Bertz CT molecular complexity index is 604. The van der Waals surface area contributed by atoms with Crippen LogP contribution < -0.4 is 15.5 Å². The van der Waals surface area contributed by atoms with Crippen LogP contribution in [0.1, 0.15) is 12.5 Å². The van der Waals surface area contributed by atoms with Gasteiger partial charge in [0.25, 0.3) is 0 Å². The van der Waals surface area contributed by atoms with Crippen molar-refractivity contribution in [2.24, 2.45) is 0 Å². The number of carbonyl (C=O) groups excluding carboxylic acids is 2. The van der Waals surface area contributed by atoms with Crippen molar-refractivity contribution in [3.63, 3.8) is 0 Å². The van der Waals surface area contributed by atoms with Crippen LogP contribution >= 0.6 is 0 Å². The van der Waals surface area contributed by atoms with Crippen molar-refractivity contribution in [2.75, 3.05) is 44.2 Å². The van der Waals surface area contributed by atoms with E-state index in [1.807, 2.05) is 9.80 Å². The molecular weight excluding hydrogens is 296 g/mol. The normalized spacial score (nSPS) is 14.9. The number of anilines is 1. The van der Waals surface area contributed by atoms with Gasteiger partial charge in [-0.15, -0.1) is 0 Å². The van der Waals surface area contributed by atoms with Crippen molar-refractivity contribution in [3.05, 3.63) is 23.9 Å². The van der Waals surface area contributed by atoms with Crippen molar-refractivity contribution in [1.82, 2.24) is 20.5 Å². The fraction of sp³-hybridized carbons (Fsp3) is 0.467. The van der Waals surface area contributed by atoms with E-state index in [-0.39, 0.29) is 12.5 Å². The Morgan fingerprint density at radius 1 is 1.35 bits per heavy atom. The maximum Gasteiger partial charge on any atom is 0.321 e. The molecule has 0 aromatic carbocycles. The maximum absolute atomic E-state index is 11.8. The molecule has 2 rings (SSSR count). The number of rotatable bonds is 4. The fourth-order valence-electron chi connectivity index (χ4n) is 2.43. The molecule has 1 fully saturated rings. The van der Waals surface area contributed by atoms with Gasteiger partial charge >= 0.3 is 6.03 Å². The van der Waals surface area contributed by atoms with Crippen molar-refractivity contribution >= 4 is 17.8 Å². The second-order valence-corrected chi connectivity index (χ2v) is 5.16. The quantitative estimate of drug-likeness (QED) is 0.806. The predicted molar refractivity (Wildman–Crippen MR) is 84.8 cm³/mol. The lowest BCUT2D eigenvalue weighted by molar-refractivity contribution is -0.121. The molecule has 0 bridgehead atoms. The summed E-state index contributed by atoms with van der Waals surface area (Å²) in [6, 6.07) is 5.16. The van der Waals surface area contributed by atoms with Crippen LogP contribution in [0.15, 0.2) is 18.3 Å². The lowest BCUT2D eigenvalue weighted by Gasteiger charge is -2.35. The molecular formula is C15H20N6O2. The minimum absolute atomic E-state index is 0.179. The highest BCUT2D eigenvalue weighted by Crippen LogP contribution is 2.17. The summed E-state index contributed by atoms with van der Waals surface area (Å²) in [5.41, 5.74) is 0.551. The molecule has 8 nitrogen and oxygen atoms in total. The third-order valence-electron chi connectivity index (χ3n) is 3.54.